The number of amides is 2. The van der Waals surface area contributed by atoms with Gasteiger partial charge in [0.05, 0.1) is 13.7 Å². The van der Waals surface area contributed by atoms with Crippen molar-refractivity contribution in [2.45, 2.75) is 6.54 Å². The summed E-state index contributed by atoms with van der Waals surface area (Å²) in [5.41, 5.74) is 1.68. The smallest absolute Gasteiger partial charge is 0.315 e. The fourth-order valence-electron chi connectivity index (χ4n) is 1.88. The third-order valence-corrected chi connectivity index (χ3v) is 3.04. The molecule has 3 N–H and O–H groups in total. The second kappa shape index (κ2) is 8.35. The first kappa shape index (κ1) is 16.2. The van der Waals surface area contributed by atoms with E-state index in [0.29, 0.717) is 12.3 Å². The van der Waals surface area contributed by atoms with Gasteiger partial charge in [-0.3, -0.25) is 0 Å². The van der Waals surface area contributed by atoms with Gasteiger partial charge >= 0.3 is 6.03 Å². The summed E-state index contributed by atoms with van der Waals surface area (Å²) < 4.78 is 4.96. The number of hydrogen-bond donors (Lipinski definition) is 3. The van der Waals surface area contributed by atoms with Gasteiger partial charge < -0.3 is 20.5 Å². The minimum absolute atomic E-state index is 0.0425. The Labute approximate surface area is 135 Å². The van der Waals surface area contributed by atoms with Gasteiger partial charge in [-0.1, -0.05) is 36.1 Å². The van der Waals surface area contributed by atoms with E-state index >= 15 is 0 Å². The Kier molecular flexibility index (Phi) is 5.89. The molecule has 23 heavy (non-hydrogen) atoms. The topological polar surface area (TPSA) is 70.6 Å². The lowest BCUT2D eigenvalue weighted by Crippen LogP contribution is -2.35. The maximum absolute atomic E-state index is 11.7. The summed E-state index contributed by atoms with van der Waals surface area (Å²) in [5.74, 6) is 6.27. The van der Waals surface area contributed by atoms with Crippen molar-refractivity contribution in [3.05, 3.63) is 59.7 Å². The zero-order valence-corrected chi connectivity index (χ0v) is 12.8. The molecule has 0 spiro atoms. The number of aromatic hydroxyl groups is 1. The maximum atomic E-state index is 11.7. The van der Waals surface area contributed by atoms with E-state index < -0.39 is 0 Å². The van der Waals surface area contributed by atoms with Crippen LogP contribution in [0, 0.1) is 11.8 Å². The molecule has 2 amide bonds. The number of urea groups is 1. The second-order valence-electron chi connectivity index (χ2n) is 4.71. The van der Waals surface area contributed by atoms with Crippen LogP contribution in [0.3, 0.4) is 0 Å². The Morgan fingerprint density at radius 1 is 1.17 bits per heavy atom. The molecule has 0 aromatic heterocycles. The van der Waals surface area contributed by atoms with Crippen LogP contribution >= 0.6 is 0 Å². The van der Waals surface area contributed by atoms with Crippen molar-refractivity contribution in [2.24, 2.45) is 0 Å². The molecule has 5 heteroatoms. The zero-order valence-electron chi connectivity index (χ0n) is 12.8. The third kappa shape index (κ3) is 5.29. The van der Waals surface area contributed by atoms with Crippen molar-refractivity contribution >= 4 is 6.03 Å². The van der Waals surface area contributed by atoms with Gasteiger partial charge in [0, 0.05) is 12.1 Å². The van der Waals surface area contributed by atoms with Crippen LogP contribution < -0.4 is 15.4 Å². The molecule has 0 aliphatic rings. The van der Waals surface area contributed by atoms with E-state index in [1.807, 2.05) is 30.3 Å². The molecule has 0 saturated carbocycles. The first-order chi connectivity index (χ1) is 11.2. The average molecular weight is 310 g/mol. The van der Waals surface area contributed by atoms with E-state index in [0.717, 1.165) is 11.1 Å². The highest BCUT2D eigenvalue weighted by Crippen LogP contribution is 2.25. The van der Waals surface area contributed by atoms with E-state index in [9.17, 15) is 9.90 Å². The second-order valence-corrected chi connectivity index (χ2v) is 4.71. The lowest BCUT2D eigenvalue weighted by molar-refractivity contribution is 0.241. The summed E-state index contributed by atoms with van der Waals surface area (Å²) in [5, 5.41) is 15.0. The molecular formula is C18H18N2O3. The van der Waals surface area contributed by atoms with Gasteiger partial charge in [0.2, 0.25) is 0 Å². The van der Waals surface area contributed by atoms with Gasteiger partial charge in [0.15, 0.2) is 11.5 Å². The minimum Gasteiger partial charge on any atom is -0.504 e. The van der Waals surface area contributed by atoms with Crippen molar-refractivity contribution in [2.75, 3.05) is 13.7 Å². The SMILES string of the molecule is COc1ccc(CNC(=O)NCC#Cc2ccccc2)cc1O. The molecule has 0 aliphatic heterocycles. The van der Waals surface area contributed by atoms with Gasteiger partial charge in [-0.05, 0) is 29.8 Å². The standard InChI is InChI=1S/C18H18N2O3/c1-23-17-10-9-15(12-16(17)21)13-20-18(22)19-11-5-8-14-6-3-2-4-7-14/h2-4,6-7,9-10,12,21H,11,13H2,1H3,(H2,19,20,22). The van der Waals surface area contributed by atoms with Crippen LogP contribution in [0.4, 0.5) is 4.79 Å². The van der Waals surface area contributed by atoms with Crippen LogP contribution in [0.25, 0.3) is 0 Å². The highest BCUT2D eigenvalue weighted by molar-refractivity contribution is 5.74. The molecular weight excluding hydrogens is 292 g/mol. The van der Waals surface area contributed by atoms with Gasteiger partial charge in [0.1, 0.15) is 0 Å². The van der Waals surface area contributed by atoms with Crippen LogP contribution in [0.15, 0.2) is 48.5 Å². The first-order valence-corrected chi connectivity index (χ1v) is 7.10. The molecule has 118 valence electrons. The van der Waals surface area contributed by atoms with Gasteiger partial charge in [-0.15, -0.1) is 0 Å². The normalized spacial score (nSPS) is 9.43. The lowest BCUT2D eigenvalue weighted by Gasteiger charge is -2.08. The molecule has 0 aliphatic carbocycles. The van der Waals surface area contributed by atoms with Crippen LogP contribution in [0.1, 0.15) is 11.1 Å². The molecule has 0 heterocycles. The van der Waals surface area contributed by atoms with E-state index in [-0.39, 0.29) is 18.3 Å². The van der Waals surface area contributed by atoms with Crippen molar-refractivity contribution < 1.29 is 14.6 Å². The molecule has 2 rings (SSSR count). The van der Waals surface area contributed by atoms with Crippen LogP contribution in [-0.4, -0.2) is 24.8 Å². The van der Waals surface area contributed by atoms with E-state index in [1.54, 1.807) is 18.2 Å². The number of nitrogens with one attached hydrogen (secondary N) is 2. The van der Waals surface area contributed by atoms with Crippen LogP contribution in [-0.2, 0) is 6.54 Å². The number of methoxy groups -OCH3 is 1. The molecule has 2 aromatic carbocycles. The number of carbonyl (C=O) groups is 1. The number of hydrogen-bond acceptors (Lipinski definition) is 3. The number of phenolic OH excluding ortho intramolecular Hbond substituents is 1. The summed E-state index contributed by atoms with van der Waals surface area (Å²) in [6.07, 6.45) is 0. The molecule has 2 aromatic rings. The predicted molar refractivity (Wildman–Crippen MR) is 88.2 cm³/mol. The fourth-order valence-corrected chi connectivity index (χ4v) is 1.88. The Morgan fingerprint density at radius 3 is 2.65 bits per heavy atom. The quantitative estimate of drug-likeness (QED) is 0.759. The summed E-state index contributed by atoms with van der Waals surface area (Å²) in [7, 11) is 1.48. The highest BCUT2D eigenvalue weighted by Gasteiger charge is 2.03. The minimum atomic E-state index is -0.317. The Balaban J connectivity index is 1.75. The Bertz CT molecular complexity index is 718. The molecule has 0 radical (unpaired) electrons. The molecule has 0 fully saturated rings. The van der Waals surface area contributed by atoms with E-state index in [4.69, 9.17) is 4.74 Å². The van der Waals surface area contributed by atoms with Crippen molar-refractivity contribution in [1.29, 1.82) is 0 Å². The summed E-state index contributed by atoms with van der Waals surface area (Å²) in [4.78, 5) is 11.7. The van der Waals surface area contributed by atoms with Gasteiger partial charge in [-0.2, -0.15) is 0 Å². The van der Waals surface area contributed by atoms with E-state index in [1.165, 1.54) is 7.11 Å². The first-order valence-electron chi connectivity index (χ1n) is 7.10. The number of rotatable bonds is 4. The average Bonchev–Trinajstić information content (AvgIpc) is 2.58. The molecule has 0 bridgehead atoms. The molecule has 5 nitrogen and oxygen atoms in total. The van der Waals surface area contributed by atoms with Crippen molar-refractivity contribution in [3.63, 3.8) is 0 Å². The van der Waals surface area contributed by atoms with Crippen LogP contribution in [0.5, 0.6) is 11.5 Å². The third-order valence-electron chi connectivity index (χ3n) is 3.04. The number of ether oxygens (including phenoxy) is 1. The lowest BCUT2D eigenvalue weighted by atomic mass is 10.2. The number of phenols is 1. The summed E-state index contributed by atoms with van der Waals surface area (Å²) in [6, 6.07) is 14.2. The molecule has 0 unspecified atom stereocenters. The van der Waals surface area contributed by atoms with Crippen LogP contribution in [0.2, 0.25) is 0 Å². The van der Waals surface area contributed by atoms with Crippen molar-refractivity contribution in [1.82, 2.24) is 10.6 Å². The summed E-state index contributed by atoms with van der Waals surface area (Å²) >= 11 is 0. The van der Waals surface area contributed by atoms with Crippen molar-refractivity contribution in [3.8, 4) is 23.3 Å². The zero-order chi connectivity index (χ0) is 16.5. The molecule has 0 atom stereocenters. The predicted octanol–water partition coefficient (Wildman–Crippen LogP) is 2.25. The van der Waals surface area contributed by atoms with E-state index in [2.05, 4.69) is 22.5 Å². The Morgan fingerprint density at radius 2 is 1.96 bits per heavy atom. The number of carbonyl (C=O) groups excluding carboxylic acids is 1. The monoisotopic (exact) mass is 310 g/mol. The summed E-state index contributed by atoms with van der Waals surface area (Å²) in [6.45, 7) is 0.560. The highest BCUT2D eigenvalue weighted by atomic mass is 16.5. The fraction of sp³-hybridized carbons (Fsp3) is 0.167. The largest absolute Gasteiger partial charge is 0.504 e. The molecule has 0 saturated heterocycles. The number of benzene rings is 2. The maximum Gasteiger partial charge on any atom is 0.315 e. The van der Waals surface area contributed by atoms with Gasteiger partial charge in [-0.25, -0.2) is 4.79 Å². The Hall–Kier alpha value is -3.13. The van der Waals surface area contributed by atoms with Gasteiger partial charge in [0.25, 0.3) is 0 Å².